The summed E-state index contributed by atoms with van der Waals surface area (Å²) >= 11 is 0.937. The molecule has 1 atom stereocenters. The van der Waals surface area contributed by atoms with Gasteiger partial charge in [-0.3, -0.25) is 14.5 Å². The van der Waals surface area contributed by atoms with E-state index in [1.165, 1.54) is 18.1 Å². The molecule has 208 valence electrons. The maximum atomic E-state index is 13.5. The lowest BCUT2D eigenvalue weighted by atomic mass is 9.94. The van der Waals surface area contributed by atoms with Crippen LogP contribution in [0.25, 0.3) is 5.76 Å². The van der Waals surface area contributed by atoms with Crippen LogP contribution in [0.2, 0.25) is 0 Å². The minimum Gasteiger partial charge on any atom is -0.507 e. The zero-order valence-electron chi connectivity index (χ0n) is 22.7. The van der Waals surface area contributed by atoms with Gasteiger partial charge >= 0.3 is 11.9 Å². The zero-order valence-corrected chi connectivity index (χ0v) is 23.5. The highest BCUT2D eigenvalue weighted by atomic mass is 32.1. The van der Waals surface area contributed by atoms with Gasteiger partial charge in [0.25, 0.3) is 5.78 Å². The molecule has 0 spiro atoms. The number of rotatable bonds is 10. The average Bonchev–Trinajstić information content (AvgIpc) is 3.46. The molecule has 2 aromatic carbocycles. The molecule has 1 unspecified atom stereocenters. The number of thiazole rings is 1. The van der Waals surface area contributed by atoms with Gasteiger partial charge in [-0.05, 0) is 61.7 Å². The zero-order chi connectivity index (χ0) is 29.0. The summed E-state index contributed by atoms with van der Waals surface area (Å²) < 4.78 is 16.1. The number of benzene rings is 2. The van der Waals surface area contributed by atoms with Crippen LogP contribution in [0.3, 0.4) is 0 Å². The minimum atomic E-state index is -1.01. The van der Waals surface area contributed by atoms with E-state index in [0.29, 0.717) is 40.5 Å². The SMILES string of the molecule is C=CCOC(=O)c1sc(N2C(=O)C(=O)C(=C(O)c3ccc(OCCC)cc3C)C2c2ccc(OC)cc2)nc1C. The molecule has 2 heterocycles. The monoisotopic (exact) mass is 562 g/mol. The Bertz CT molecular complexity index is 1490. The lowest BCUT2D eigenvalue weighted by Gasteiger charge is -2.23. The normalized spacial score (nSPS) is 16.2. The van der Waals surface area contributed by atoms with E-state index in [0.717, 1.165) is 17.8 Å². The van der Waals surface area contributed by atoms with Crippen LogP contribution in [-0.4, -0.2) is 48.1 Å². The van der Waals surface area contributed by atoms with Gasteiger partial charge in [-0.1, -0.05) is 43.0 Å². The van der Waals surface area contributed by atoms with Gasteiger partial charge in [0.05, 0.1) is 31.0 Å². The van der Waals surface area contributed by atoms with Crippen molar-refractivity contribution in [2.45, 2.75) is 33.2 Å². The largest absolute Gasteiger partial charge is 0.507 e. The molecule has 1 fully saturated rings. The Hall–Kier alpha value is -4.44. The van der Waals surface area contributed by atoms with E-state index >= 15 is 0 Å². The Balaban J connectivity index is 1.86. The number of aliphatic hydroxyl groups is 1. The topological polar surface area (TPSA) is 115 Å². The van der Waals surface area contributed by atoms with Gasteiger partial charge in [-0.25, -0.2) is 9.78 Å². The number of methoxy groups -OCH3 is 1. The summed E-state index contributed by atoms with van der Waals surface area (Å²) in [5.41, 5.74) is 1.87. The van der Waals surface area contributed by atoms with Crippen LogP contribution in [-0.2, 0) is 14.3 Å². The van der Waals surface area contributed by atoms with Crippen molar-refractivity contribution in [3.63, 3.8) is 0 Å². The fourth-order valence-corrected chi connectivity index (χ4v) is 5.35. The standard InChI is InChI=1S/C30H30N2O7S/c1-6-14-38-21-12-13-22(17(3)16-21)25(33)23-24(19-8-10-20(37-5)11-9-19)32(28(35)26(23)34)30-31-18(4)27(40-30)29(36)39-15-7-2/h7-13,16,24,33H,2,6,14-15H2,1,3-5H3. The molecule has 9 nitrogen and oxygen atoms in total. The summed E-state index contributed by atoms with van der Waals surface area (Å²) in [5.74, 6) is -1.45. The van der Waals surface area contributed by atoms with Gasteiger partial charge in [0.1, 0.15) is 28.7 Å². The summed E-state index contributed by atoms with van der Waals surface area (Å²) in [7, 11) is 1.53. The van der Waals surface area contributed by atoms with E-state index in [1.807, 2.05) is 6.92 Å². The number of hydrogen-bond donors (Lipinski definition) is 1. The van der Waals surface area contributed by atoms with Crippen LogP contribution in [0, 0.1) is 13.8 Å². The summed E-state index contributed by atoms with van der Waals surface area (Å²) in [4.78, 5) is 45.4. The highest BCUT2D eigenvalue weighted by Crippen LogP contribution is 2.44. The van der Waals surface area contributed by atoms with Crippen LogP contribution >= 0.6 is 11.3 Å². The van der Waals surface area contributed by atoms with Gasteiger partial charge in [-0.15, -0.1) is 0 Å². The third-order valence-corrected chi connectivity index (χ3v) is 7.45. The fourth-order valence-electron chi connectivity index (χ4n) is 4.36. The lowest BCUT2D eigenvalue weighted by molar-refractivity contribution is -0.132. The summed E-state index contributed by atoms with van der Waals surface area (Å²) in [6.45, 7) is 9.51. The summed E-state index contributed by atoms with van der Waals surface area (Å²) in [6.07, 6.45) is 2.29. The Morgan fingerprint density at radius 3 is 2.48 bits per heavy atom. The molecular formula is C30H30N2O7S. The van der Waals surface area contributed by atoms with Crippen LogP contribution in [0.5, 0.6) is 11.5 Å². The van der Waals surface area contributed by atoms with E-state index in [-0.39, 0.29) is 27.9 Å². The van der Waals surface area contributed by atoms with Gasteiger partial charge in [-0.2, -0.15) is 0 Å². The molecule has 0 saturated carbocycles. The first-order valence-electron chi connectivity index (χ1n) is 12.7. The van der Waals surface area contributed by atoms with Crippen LogP contribution in [0.1, 0.15) is 51.4 Å². The van der Waals surface area contributed by atoms with Crippen molar-refractivity contribution >= 4 is 39.9 Å². The van der Waals surface area contributed by atoms with Crippen LogP contribution in [0.4, 0.5) is 5.13 Å². The van der Waals surface area contributed by atoms with E-state index in [1.54, 1.807) is 56.3 Å². The predicted molar refractivity (Wildman–Crippen MR) is 152 cm³/mol. The van der Waals surface area contributed by atoms with E-state index in [9.17, 15) is 19.5 Å². The molecule has 0 aliphatic carbocycles. The molecule has 3 aromatic rings. The number of aryl methyl sites for hydroxylation is 2. The lowest BCUT2D eigenvalue weighted by Crippen LogP contribution is -2.29. The first kappa shape index (κ1) is 28.6. The predicted octanol–water partition coefficient (Wildman–Crippen LogP) is 5.53. The number of Topliss-reactive ketones (excluding diaryl/α,β-unsaturated/α-hetero) is 1. The second kappa shape index (κ2) is 12.2. The second-order valence-corrected chi connectivity index (χ2v) is 10.0. The Kier molecular flexibility index (Phi) is 8.69. The second-order valence-electron chi connectivity index (χ2n) is 9.07. The molecule has 1 aliphatic heterocycles. The number of aliphatic hydroxyl groups excluding tert-OH is 1. The molecule has 1 N–H and O–H groups in total. The number of ketones is 1. The molecule has 10 heteroatoms. The van der Waals surface area contributed by atoms with Gasteiger partial charge < -0.3 is 19.3 Å². The third-order valence-electron chi connectivity index (χ3n) is 6.31. The van der Waals surface area contributed by atoms with Crippen molar-refractivity contribution in [1.29, 1.82) is 0 Å². The summed E-state index contributed by atoms with van der Waals surface area (Å²) in [6, 6.07) is 11.0. The van der Waals surface area contributed by atoms with Crippen LogP contribution < -0.4 is 14.4 Å². The quantitative estimate of drug-likeness (QED) is 0.113. The molecule has 40 heavy (non-hydrogen) atoms. The summed E-state index contributed by atoms with van der Waals surface area (Å²) in [5, 5.41) is 11.6. The smallest absolute Gasteiger partial charge is 0.350 e. The van der Waals surface area contributed by atoms with E-state index in [2.05, 4.69) is 11.6 Å². The molecular weight excluding hydrogens is 532 g/mol. The fraction of sp³-hybridized carbons (Fsp3) is 0.267. The molecule has 1 amide bonds. The minimum absolute atomic E-state index is 0.0174. The number of nitrogens with zero attached hydrogens (tertiary/aromatic N) is 2. The van der Waals surface area contributed by atoms with E-state index < -0.39 is 23.7 Å². The first-order chi connectivity index (χ1) is 19.2. The number of ether oxygens (including phenoxy) is 3. The van der Waals surface area contributed by atoms with Gasteiger partial charge in [0, 0.05) is 5.56 Å². The number of anilines is 1. The average molecular weight is 563 g/mol. The van der Waals surface area contributed by atoms with Crippen molar-refractivity contribution in [3.8, 4) is 11.5 Å². The Morgan fingerprint density at radius 1 is 1.15 bits per heavy atom. The van der Waals surface area contributed by atoms with Gasteiger partial charge in [0.15, 0.2) is 5.13 Å². The number of aromatic nitrogens is 1. The first-order valence-corrected chi connectivity index (χ1v) is 13.5. The van der Waals surface area contributed by atoms with Crippen molar-refractivity contribution in [2.75, 3.05) is 25.2 Å². The van der Waals surface area contributed by atoms with Crippen LogP contribution in [0.15, 0.2) is 60.7 Å². The Morgan fingerprint density at radius 2 is 1.85 bits per heavy atom. The number of esters is 1. The maximum Gasteiger partial charge on any atom is 0.350 e. The third kappa shape index (κ3) is 5.48. The van der Waals surface area contributed by atoms with Crippen molar-refractivity contribution < 1.29 is 33.7 Å². The number of carbonyl (C=O) groups excluding carboxylic acids is 3. The molecule has 1 aromatic heterocycles. The van der Waals surface area contributed by atoms with Gasteiger partial charge in [0.2, 0.25) is 0 Å². The highest BCUT2D eigenvalue weighted by molar-refractivity contribution is 7.17. The molecule has 1 aliphatic rings. The van der Waals surface area contributed by atoms with E-state index in [4.69, 9.17) is 14.2 Å². The van der Waals surface area contributed by atoms with Crippen molar-refractivity contribution in [2.24, 2.45) is 0 Å². The molecule has 0 bridgehead atoms. The molecule has 4 rings (SSSR count). The maximum absolute atomic E-state index is 13.5. The molecule has 0 radical (unpaired) electrons. The highest BCUT2D eigenvalue weighted by Gasteiger charge is 2.48. The number of hydrogen-bond acceptors (Lipinski definition) is 9. The number of carbonyl (C=O) groups is 3. The van der Waals surface area contributed by atoms with Crippen molar-refractivity contribution in [1.82, 2.24) is 4.98 Å². The van der Waals surface area contributed by atoms with Crippen molar-refractivity contribution in [3.05, 3.63) is 88.0 Å². The Labute approximate surface area is 236 Å². The molecule has 1 saturated heterocycles. The number of amides is 1.